The molecule has 1 amide bonds. The predicted molar refractivity (Wildman–Crippen MR) is 76.6 cm³/mol. The fraction of sp³-hybridized carbons (Fsp3) is 0.769. The Morgan fingerprint density at radius 2 is 2.20 bits per heavy atom. The molecule has 0 aliphatic heterocycles. The Labute approximate surface area is 123 Å². The predicted octanol–water partition coefficient (Wildman–Crippen LogP) is 0.424. The van der Waals surface area contributed by atoms with Crippen molar-refractivity contribution < 1.29 is 14.1 Å². The molecule has 6 nitrogen and oxygen atoms in total. The smallest absolute Gasteiger partial charge is 0.277 e. The highest BCUT2D eigenvalue weighted by Gasteiger charge is 2.28. The zero-order chi connectivity index (χ0) is 14.7. The maximum atomic E-state index is 11.9. The van der Waals surface area contributed by atoms with E-state index < -0.39 is 0 Å². The average molecular weight is 299 g/mol. The topological polar surface area (TPSA) is 72.5 Å². The van der Waals surface area contributed by atoms with Crippen molar-refractivity contribution in [3.05, 3.63) is 5.89 Å². The molecule has 2 rings (SSSR count). The van der Waals surface area contributed by atoms with Gasteiger partial charge in [-0.15, -0.1) is 10.2 Å². The second-order valence-corrected chi connectivity index (χ2v) is 6.78. The van der Waals surface area contributed by atoms with Crippen molar-refractivity contribution in [2.75, 3.05) is 14.1 Å². The highest BCUT2D eigenvalue weighted by molar-refractivity contribution is 8.00. The van der Waals surface area contributed by atoms with Crippen LogP contribution in [-0.2, 0) is 4.79 Å². The van der Waals surface area contributed by atoms with E-state index in [4.69, 9.17) is 4.42 Å². The summed E-state index contributed by atoms with van der Waals surface area (Å²) >= 11 is 1.32. The zero-order valence-corrected chi connectivity index (χ0v) is 13.3. The Kier molecular flexibility index (Phi) is 5.04. The normalized spacial score (nSPS) is 18.1. The van der Waals surface area contributed by atoms with Gasteiger partial charge in [-0.1, -0.05) is 18.7 Å². The lowest BCUT2D eigenvalue weighted by Crippen LogP contribution is -3.06. The third-order valence-electron chi connectivity index (χ3n) is 3.40. The first-order valence-corrected chi connectivity index (χ1v) is 7.99. The maximum absolute atomic E-state index is 11.9. The van der Waals surface area contributed by atoms with Crippen molar-refractivity contribution in [1.82, 2.24) is 15.5 Å². The van der Waals surface area contributed by atoms with Crippen LogP contribution in [0.4, 0.5) is 0 Å². The molecule has 1 aliphatic rings. The fourth-order valence-electron chi connectivity index (χ4n) is 1.99. The van der Waals surface area contributed by atoms with E-state index in [9.17, 15) is 4.79 Å². The van der Waals surface area contributed by atoms with Gasteiger partial charge in [-0.2, -0.15) is 0 Å². The summed E-state index contributed by atoms with van der Waals surface area (Å²) in [4.78, 5) is 13.1. The molecular weight excluding hydrogens is 276 g/mol. The van der Waals surface area contributed by atoms with Gasteiger partial charge in [0.05, 0.1) is 19.3 Å². The van der Waals surface area contributed by atoms with E-state index in [0.29, 0.717) is 17.2 Å². The van der Waals surface area contributed by atoms with E-state index >= 15 is 0 Å². The standard InChI is InChI=1S/C13H22N4O2S/c1-5-10(17(3)4)12-15-16-13(19-12)20-8(2)11(18)14-9-6-7-9/h8-10H,5-7H2,1-4H3,(H,14,18)/p+1/t8-,10-/m1/s1. The Morgan fingerprint density at radius 3 is 2.75 bits per heavy atom. The molecule has 1 saturated carbocycles. The zero-order valence-electron chi connectivity index (χ0n) is 12.5. The van der Waals surface area contributed by atoms with Gasteiger partial charge >= 0.3 is 0 Å². The SMILES string of the molecule is CC[C@H](c1nnc(S[C@H](C)C(=O)NC2CC2)o1)[NH+](C)C. The Morgan fingerprint density at radius 1 is 1.50 bits per heavy atom. The molecule has 0 spiro atoms. The van der Waals surface area contributed by atoms with Gasteiger partial charge in [-0.05, 0) is 19.8 Å². The van der Waals surface area contributed by atoms with Crippen molar-refractivity contribution in [2.45, 2.75) is 55.7 Å². The van der Waals surface area contributed by atoms with E-state index in [1.165, 1.54) is 16.7 Å². The maximum Gasteiger partial charge on any atom is 0.277 e. The summed E-state index contributed by atoms with van der Waals surface area (Å²) in [6, 6.07) is 0.582. The van der Waals surface area contributed by atoms with Gasteiger partial charge in [0.25, 0.3) is 11.1 Å². The Balaban J connectivity index is 1.92. The highest BCUT2D eigenvalue weighted by Crippen LogP contribution is 2.25. The van der Waals surface area contributed by atoms with Gasteiger partial charge in [-0.25, -0.2) is 0 Å². The molecule has 7 heteroatoms. The van der Waals surface area contributed by atoms with Crippen LogP contribution in [0.5, 0.6) is 0 Å². The van der Waals surface area contributed by atoms with Crippen LogP contribution in [-0.4, -0.2) is 41.5 Å². The number of hydrogen-bond acceptors (Lipinski definition) is 5. The number of carbonyl (C=O) groups excluding carboxylic acids is 1. The third kappa shape index (κ3) is 3.96. The molecular formula is C13H23N4O2S+. The first-order chi connectivity index (χ1) is 9.51. The van der Waals surface area contributed by atoms with Gasteiger partial charge in [0, 0.05) is 12.5 Å². The van der Waals surface area contributed by atoms with Crippen molar-refractivity contribution in [1.29, 1.82) is 0 Å². The molecule has 2 N–H and O–H groups in total. The monoisotopic (exact) mass is 299 g/mol. The van der Waals surface area contributed by atoms with Gasteiger partial charge in [0.2, 0.25) is 5.91 Å². The van der Waals surface area contributed by atoms with Crippen LogP contribution in [0.3, 0.4) is 0 Å². The summed E-state index contributed by atoms with van der Waals surface area (Å²) in [5.41, 5.74) is 0. The first kappa shape index (κ1) is 15.3. The molecule has 0 radical (unpaired) electrons. The lowest BCUT2D eigenvalue weighted by Gasteiger charge is -2.15. The first-order valence-electron chi connectivity index (χ1n) is 7.11. The summed E-state index contributed by atoms with van der Waals surface area (Å²) in [5, 5.41) is 11.4. The van der Waals surface area contributed by atoms with Gasteiger partial charge in [0.15, 0.2) is 6.04 Å². The third-order valence-corrected chi connectivity index (χ3v) is 4.33. The number of aromatic nitrogens is 2. The van der Waals surface area contributed by atoms with E-state index in [2.05, 4.69) is 36.5 Å². The molecule has 0 aromatic carbocycles. The second kappa shape index (κ2) is 6.58. The molecule has 2 atom stereocenters. The van der Waals surface area contributed by atoms with Crippen molar-refractivity contribution in [2.24, 2.45) is 0 Å². The van der Waals surface area contributed by atoms with Gasteiger partial charge in [0.1, 0.15) is 0 Å². The number of thioether (sulfide) groups is 1. The minimum Gasteiger partial charge on any atom is -0.410 e. The van der Waals surface area contributed by atoms with Crippen LogP contribution in [0, 0.1) is 0 Å². The van der Waals surface area contributed by atoms with Crippen LogP contribution in [0.15, 0.2) is 9.64 Å². The number of quaternary nitrogens is 1. The van der Waals surface area contributed by atoms with Crippen molar-refractivity contribution in [3.8, 4) is 0 Å². The number of carbonyl (C=O) groups is 1. The van der Waals surface area contributed by atoms with E-state index in [-0.39, 0.29) is 17.2 Å². The molecule has 0 unspecified atom stereocenters. The molecule has 1 aromatic rings. The van der Waals surface area contributed by atoms with Crippen molar-refractivity contribution >= 4 is 17.7 Å². The summed E-state index contributed by atoms with van der Waals surface area (Å²) < 4.78 is 5.68. The fourth-order valence-corrected chi connectivity index (χ4v) is 2.69. The van der Waals surface area contributed by atoms with E-state index in [1.54, 1.807) is 0 Å². The van der Waals surface area contributed by atoms with E-state index in [0.717, 1.165) is 19.3 Å². The average Bonchev–Trinajstić information content (AvgIpc) is 3.09. The van der Waals surface area contributed by atoms with Crippen LogP contribution in [0.25, 0.3) is 0 Å². The molecule has 112 valence electrons. The van der Waals surface area contributed by atoms with Crippen molar-refractivity contribution in [3.63, 3.8) is 0 Å². The second-order valence-electron chi connectivity index (χ2n) is 5.49. The minimum atomic E-state index is -0.212. The number of rotatable bonds is 7. The summed E-state index contributed by atoms with van der Waals surface area (Å²) in [6.45, 7) is 3.96. The molecule has 1 heterocycles. The Hall–Kier alpha value is -1.08. The number of hydrogen-bond donors (Lipinski definition) is 2. The quantitative estimate of drug-likeness (QED) is 0.714. The van der Waals surface area contributed by atoms with E-state index in [1.807, 2.05) is 6.92 Å². The lowest BCUT2D eigenvalue weighted by molar-refractivity contribution is -0.894. The van der Waals surface area contributed by atoms with Gasteiger partial charge < -0.3 is 14.6 Å². The number of amides is 1. The minimum absolute atomic E-state index is 0.0440. The molecule has 1 aromatic heterocycles. The lowest BCUT2D eigenvalue weighted by atomic mass is 10.2. The summed E-state index contributed by atoms with van der Waals surface area (Å²) in [7, 11) is 4.13. The molecule has 0 saturated heterocycles. The van der Waals surface area contributed by atoms with Crippen LogP contribution in [0.2, 0.25) is 0 Å². The summed E-state index contributed by atoms with van der Waals surface area (Å²) in [5.74, 6) is 0.687. The molecule has 1 fully saturated rings. The van der Waals surface area contributed by atoms with Crippen LogP contribution in [0.1, 0.15) is 45.0 Å². The summed E-state index contributed by atoms with van der Waals surface area (Å²) in [6.07, 6.45) is 3.13. The van der Waals surface area contributed by atoms with Crippen LogP contribution < -0.4 is 10.2 Å². The number of nitrogens with zero attached hydrogens (tertiary/aromatic N) is 2. The highest BCUT2D eigenvalue weighted by atomic mass is 32.2. The Bertz CT molecular complexity index is 459. The van der Waals surface area contributed by atoms with Crippen LogP contribution >= 0.6 is 11.8 Å². The van der Waals surface area contributed by atoms with Gasteiger partial charge in [-0.3, -0.25) is 4.79 Å². The largest absolute Gasteiger partial charge is 0.410 e. The number of nitrogens with one attached hydrogen (secondary N) is 2. The molecule has 1 aliphatic carbocycles. The molecule has 20 heavy (non-hydrogen) atoms. The molecule has 0 bridgehead atoms.